The summed E-state index contributed by atoms with van der Waals surface area (Å²) < 4.78 is 9.60. The molecule has 10 aromatic carbocycles. The molecule has 12 aromatic rings. The Kier molecular flexibility index (Phi) is 6.28. The molecule has 2 heterocycles. The van der Waals surface area contributed by atoms with Gasteiger partial charge in [-0.2, -0.15) is 0 Å². The molecule has 2 aromatic heterocycles. The van der Waals surface area contributed by atoms with Crippen LogP contribution in [0.4, 0.5) is 0 Å². The first kappa shape index (κ1) is 29.8. The predicted octanol–water partition coefficient (Wildman–Crippen LogP) is 15.6. The molecule has 0 N–H and O–H groups in total. The second-order valence-electron chi connectivity index (χ2n) is 14.4. The molecule has 1 nitrogen and oxygen atoms in total. The molecular weight excluding hydrogens is 673 g/mol. The smallest absolute Gasteiger partial charge is 0.144 e. The van der Waals surface area contributed by atoms with Gasteiger partial charge < -0.3 is 4.42 Å². The van der Waals surface area contributed by atoms with Gasteiger partial charge in [0.1, 0.15) is 11.2 Å². The van der Waals surface area contributed by atoms with Crippen molar-refractivity contribution in [2.45, 2.75) is 0 Å². The van der Waals surface area contributed by atoms with Crippen LogP contribution in [0.5, 0.6) is 0 Å². The van der Waals surface area contributed by atoms with E-state index in [4.69, 9.17) is 4.42 Å². The third kappa shape index (κ3) is 4.32. The quantitative estimate of drug-likeness (QED) is 0.167. The number of thiophene rings is 1. The summed E-state index contributed by atoms with van der Waals surface area (Å²) in [6.45, 7) is 0. The lowest BCUT2D eigenvalue weighted by Gasteiger charge is -2.18. The second-order valence-corrected chi connectivity index (χ2v) is 15.4. The van der Waals surface area contributed by atoms with E-state index < -0.39 is 0 Å². The Morgan fingerprint density at radius 3 is 1.59 bits per heavy atom. The van der Waals surface area contributed by atoms with Crippen LogP contribution in [0.1, 0.15) is 0 Å². The first-order chi connectivity index (χ1) is 26.8. The summed E-state index contributed by atoms with van der Waals surface area (Å²) in [5.74, 6) is 0. The van der Waals surface area contributed by atoms with Crippen LogP contribution in [0, 0.1) is 0 Å². The highest BCUT2D eigenvalue weighted by Crippen LogP contribution is 2.52. The molecule has 0 radical (unpaired) electrons. The largest absolute Gasteiger partial charge is 0.455 e. The Balaban J connectivity index is 1.19. The number of hydrogen-bond acceptors (Lipinski definition) is 2. The molecule has 2 heteroatoms. The Hall–Kier alpha value is -6.74. The standard InChI is InChI=1S/C52H30OS/c1-2-12-31(13-3-1)34-22-23-36-27-37(25-24-35(36)26-34)48-39-17-6-8-19-41(39)49(42-20-9-7-18-40(42)48)50-51-44(30-45-38-16-10-11-21-47(38)54-52(45)50)43-28-32-14-4-5-15-33(32)29-46(43)53-51/h1-30H. The first-order valence-corrected chi connectivity index (χ1v) is 19.3. The van der Waals surface area contributed by atoms with E-state index in [1.165, 1.54) is 96.6 Å². The minimum Gasteiger partial charge on any atom is -0.455 e. The molecule has 54 heavy (non-hydrogen) atoms. The third-order valence-corrected chi connectivity index (χ3v) is 12.6. The zero-order chi connectivity index (χ0) is 35.3. The van der Waals surface area contributed by atoms with E-state index in [1.54, 1.807) is 0 Å². The Bertz CT molecular complexity index is 3440. The maximum atomic E-state index is 7.06. The highest BCUT2D eigenvalue weighted by atomic mass is 32.1. The third-order valence-electron chi connectivity index (χ3n) is 11.4. The van der Waals surface area contributed by atoms with Gasteiger partial charge in [0.2, 0.25) is 0 Å². The van der Waals surface area contributed by atoms with Gasteiger partial charge in [-0.15, -0.1) is 11.3 Å². The molecule has 0 amide bonds. The molecule has 0 bridgehead atoms. The van der Waals surface area contributed by atoms with Gasteiger partial charge in [-0.05, 0) is 102 Å². The summed E-state index contributed by atoms with van der Waals surface area (Å²) in [6.07, 6.45) is 0. The molecule has 0 fully saturated rings. The van der Waals surface area contributed by atoms with Crippen molar-refractivity contribution < 1.29 is 4.42 Å². The molecule has 250 valence electrons. The van der Waals surface area contributed by atoms with Gasteiger partial charge in [-0.1, -0.05) is 146 Å². The van der Waals surface area contributed by atoms with Gasteiger partial charge >= 0.3 is 0 Å². The second kappa shape index (κ2) is 11.4. The summed E-state index contributed by atoms with van der Waals surface area (Å²) in [6, 6.07) is 66.7. The lowest BCUT2D eigenvalue weighted by atomic mass is 9.84. The molecule has 0 unspecified atom stereocenters. The number of rotatable bonds is 3. The lowest BCUT2D eigenvalue weighted by Crippen LogP contribution is -1.91. The van der Waals surface area contributed by atoms with Gasteiger partial charge in [0.05, 0.1) is 0 Å². The Morgan fingerprint density at radius 1 is 0.315 bits per heavy atom. The van der Waals surface area contributed by atoms with E-state index in [2.05, 4.69) is 182 Å². The number of benzene rings is 10. The zero-order valence-corrected chi connectivity index (χ0v) is 30.0. The maximum absolute atomic E-state index is 7.06. The highest BCUT2D eigenvalue weighted by Gasteiger charge is 2.25. The van der Waals surface area contributed by atoms with E-state index in [9.17, 15) is 0 Å². The van der Waals surface area contributed by atoms with Crippen molar-refractivity contribution in [1.29, 1.82) is 0 Å². The fourth-order valence-corrected chi connectivity index (χ4v) is 10.1. The van der Waals surface area contributed by atoms with Gasteiger partial charge in [0.15, 0.2) is 0 Å². The van der Waals surface area contributed by atoms with Crippen LogP contribution < -0.4 is 0 Å². The van der Waals surface area contributed by atoms with E-state index in [0.717, 1.165) is 21.9 Å². The molecule has 0 aliphatic heterocycles. The summed E-state index contributed by atoms with van der Waals surface area (Å²) in [4.78, 5) is 0. The molecule has 0 saturated heterocycles. The number of fused-ring (bicyclic) bond motifs is 10. The minimum atomic E-state index is 0.920. The average Bonchev–Trinajstić information content (AvgIpc) is 3.78. The molecule has 0 saturated carbocycles. The molecule has 0 aliphatic carbocycles. The van der Waals surface area contributed by atoms with Crippen molar-refractivity contribution in [2.24, 2.45) is 0 Å². The molecular formula is C52H30OS. The summed E-state index contributed by atoms with van der Waals surface area (Å²) in [5.41, 5.74) is 9.21. The van der Waals surface area contributed by atoms with E-state index >= 15 is 0 Å². The number of hydrogen-bond donors (Lipinski definition) is 0. The van der Waals surface area contributed by atoms with Gasteiger partial charge in [0, 0.05) is 42.1 Å². The topological polar surface area (TPSA) is 13.1 Å². The van der Waals surface area contributed by atoms with Crippen LogP contribution in [0.3, 0.4) is 0 Å². The SMILES string of the molecule is c1ccc(-c2ccc3cc(-c4c5ccccc5c(-c5c6oc7cc8ccccc8cc7c6cc6c5sc5ccccc56)c5ccccc45)ccc3c2)cc1. The molecule has 0 spiro atoms. The molecule has 12 rings (SSSR count). The first-order valence-electron chi connectivity index (χ1n) is 18.5. The lowest BCUT2D eigenvalue weighted by molar-refractivity contribution is 0.671. The summed E-state index contributed by atoms with van der Waals surface area (Å²) in [7, 11) is 0. The van der Waals surface area contributed by atoms with Crippen LogP contribution in [0.15, 0.2) is 186 Å². The average molecular weight is 703 g/mol. The van der Waals surface area contributed by atoms with E-state index in [0.29, 0.717) is 0 Å². The fourth-order valence-electron chi connectivity index (χ4n) is 8.92. The number of furan rings is 1. The van der Waals surface area contributed by atoms with Crippen LogP contribution in [-0.2, 0) is 0 Å². The summed E-state index contributed by atoms with van der Waals surface area (Å²) in [5, 5.41) is 14.7. The van der Waals surface area contributed by atoms with Crippen LogP contribution in [-0.4, -0.2) is 0 Å². The van der Waals surface area contributed by atoms with E-state index in [1.807, 2.05) is 11.3 Å². The fraction of sp³-hybridized carbons (Fsp3) is 0. The van der Waals surface area contributed by atoms with Crippen molar-refractivity contribution >= 4 is 96.5 Å². The van der Waals surface area contributed by atoms with Crippen LogP contribution >= 0.6 is 11.3 Å². The van der Waals surface area contributed by atoms with Gasteiger partial charge in [0.25, 0.3) is 0 Å². The van der Waals surface area contributed by atoms with Crippen LogP contribution in [0.25, 0.3) is 119 Å². The maximum Gasteiger partial charge on any atom is 0.144 e. The normalized spacial score (nSPS) is 12.1. The van der Waals surface area contributed by atoms with Crippen molar-refractivity contribution in [2.75, 3.05) is 0 Å². The van der Waals surface area contributed by atoms with Crippen molar-refractivity contribution in [3.8, 4) is 33.4 Å². The predicted molar refractivity (Wildman–Crippen MR) is 233 cm³/mol. The zero-order valence-electron chi connectivity index (χ0n) is 29.1. The van der Waals surface area contributed by atoms with Crippen molar-refractivity contribution in [3.05, 3.63) is 182 Å². The monoisotopic (exact) mass is 702 g/mol. The van der Waals surface area contributed by atoms with Crippen LogP contribution in [0.2, 0.25) is 0 Å². The van der Waals surface area contributed by atoms with Gasteiger partial charge in [-0.3, -0.25) is 0 Å². The van der Waals surface area contributed by atoms with E-state index in [-0.39, 0.29) is 0 Å². The Labute approximate surface area is 314 Å². The molecule has 0 aliphatic rings. The molecule has 0 atom stereocenters. The summed E-state index contributed by atoms with van der Waals surface area (Å²) >= 11 is 1.87. The highest BCUT2D eigenvalue weighted by molar-refractivity contribution is 7.26. The van der Waals surface area contributed by atoms with Gasteiger partial charge in [-0.25, -0.2) is 0 Å². The van der Waals surface area contributed by atoms with Crippen molar-refractivity contribution in [1.82, 2.24) is 0 Å². The van der Waals surface area contributed by atoms with Crippen molar-refractivity contribution in [3.63, 3.8) is 0 Å². The Morgan fingerprint density at radius 2 is 0.870 bits per heavy atom. The minimum absolute atomic E-state index is 0.920.